The van der Waals surface area contributed by atoms with Gasteiger partial charge >= 0.3 is 6.18 Å². The number of hydrogen-bond acceptors (Lipinski definition) is 2. The number of benzene rings is 1. The number of hydrogen-bond donors (Lipinski definition) is 1. The van der Waals surface area contributed by atoms with Gasteiger partial charge in [0.2, 0.25) is 0 Å². The van der Waals surface area contributed by atoms with Gasteiger partial charge in [-0.3, -0.25) is 0 Å². The molecule has 0 bridgehead atoms. The average molecular weight is 271 g/mol. The molecular formula is C14H16F3NO. The van der Waals surface area contributed by atoms with Gasteiger partial charge in [-0.05, 0) is 37.1 Å². The monoisotopic (exact) mass is 271 g/mol. The van der Waals surface area contributed by atoms with E-state index in [0.717, 1.165) is 11.1 Å². The summed E-state index contributed by atoms with van der Waals surface area (Å²) in [5.41, 5.74) is 6.92. The highest BCUT2D eigenvalue weighted by Crippen LogP contribution is 2.23. The third kappa shape index (κ3) is 6.16. The fraction of sp³-hybridized carbons (Fsp3) is 0.429. The normalized spacial score (nSPS) is 10.8. The zero-order chi connectivity index (χ0) is 14.3. The highest BCUT2D eigenvalue weighted by Gasteiger charge is 2.26. The molecule has 2 N–H and O–H groups in total. The standard InChI is InChI=1S/C14H16F3NO/c1-11-10-12(4-2-8-18)5-6-13(11)19-9-3-7-14(15,16)17/h5-6,10H,3,7-9,18H2,1H3. The van der Waals surface area contributed by atoms with E-state index in [4.69, 9.17) is 10.5 Å². The fourth-order valence-electron chi connectivity index (χ4n) is 1.50. The smallest absolute Gasteiger partial charge is 0.389 e. The lowest BCUT2D eigenvalue weighted by Crippen LogP contribution is -2.10. The second-order valence-corrected chi connectivity index (χ2v) is 4.05. The van der Waals surface area contributed by atoms with Crippen molar-refractivity contribution in [3.05, 3.63) is 29.3 Å². The second kappa shape index (κ2) is 7.05. The van der Waals surface area contributed by atoms with E-state index < -0.39 is 12.6 Å². The van der Waals surface area contributed by atoms with Gasteiger partial charge in [-0.15, -0.1) is 0 Å². The molecule has 0 saturated heterocycles. The van der Waals surface area contributed by atoms with E-state index in [1.807, 2.05) is 13.0 Å². The predicted octanol–water partition coefficient (Wildman–Crippen LogP) is 3.03. The average Bonchev–Trinajstić information content (AvgIpc) is 2.32. The molecule has 0 heterocycles. The maximum absolute atomic E-state index is 12.0. The summed E-state index contributed by atoms with van der Waals surface area (Å²) in [5.74, 6) is 6.20. The topological polar surface area (TPSA) is 35.2 Å². The van der Waals surface area contributed by atoms with Crippen LogP contribution < -0.4 is 10.5 Å². The van der Waals surface area contributed by atoms with Crippen LogP contribution in [0.2, 0.25) is 0 Å². The van der Waals surface area contributed by atoms with Crippen LogP contribution in [0.15, 0.2) is 18.2 Å². The van der Waals surface area contributed by atoms with Crippen molar-refractivity contribution in [3.8, 4) is 17.6 Å². The first-order valence-electron chi connectivity index (χ1n) is 5.91. The molecule has 0 aliphatic rings. The molecule has 0 fully saturated rings. The lowest BCUT2D eigenvalue weighted by molar-refractivity contribution is -0.136. The maximum atomic E-state index is 12.0. The molecule has 5 heteroatoms. The van der Waals surface area contributed by atoms with Crippen molar-refractivity contribution >= 4 is 0 Å². The summed E-state index contributed by atoms with van der Waals surface area (Å²) in [6.07, 6.45) is -5.00. The molecule has 0 spiro atoms. The first-order chi connectivity index (χ1) is 8.92. The minimum absolute atomic E-state index is 0.0440. The Labute approximate surface area is 110 Å². The van der Waals surface area contributed by atoms with Crippen LogP contribution in [0.1, 0.15) is 24.0 Å². The first kappa shape index (κ1) is 15.4. The van der Waals surface area contributed by atoms with Gasteiger partial charge in [0.15, 0.2) is 0 Å². The quantitative estimate of drug-likeness (QED) is 0.675. The Morgan fingerprint density at radius 2 is 2.05 bits per heavy atom. The van der Waals surface area contributed by atoms with Crippen molar-refractivity contribution in [2.24, 2.45) is 5.73 Å². The molecule has 19 heavy (non-hydrogen) atoms. The van der Waals surface area contributed by atoms with E-state index in [-0.39, 0.29) is 19.6 Å². The molecule has 104 valence electrons. The van der Waals surface area contributed by atoms with Crippen LogP contribution in [0.3, 0.4) is 0 Å². The highest BCUT2D eigenvalue weighted by molar-refractivity contribution is 5.43. The molecule has 0 aromatic heterocycles. The lowest BCUT2D eigenvalue weighted by Gasteiger charge is -2.10. The van der Waals surface area contributed by atoms with Gasteiger partial charge in [0.25, 0.3) is 0 Å². The van der Waals surface area contributed by atoms with Gasteiger partial charge in [-0.1, -0.05) is 11.8 Å². The summed E-state index contributed by atoms with van der Waals surface area (Å²) in [7, 11) is 0. The largest absolute Gasteiger partial charge is 0.493 e. The zero-order valence-electron chi connectivity index (χ0n) is 10.7. The number of alkyl halides is 3. The van der Waals surface area contributed by atoms with E-state index in [2.05, 4.69) is 11.8 Å². The molecule has 0 radical (unpaired) electrons. The highest BCUT2D eigenvalue weighted by atomic mass is 19.4. The fourth-order valence-corrected chi connectivity index (χ4v) is 1.50. The van der Waals surface area contributed by atoms with Crippen LogP contribution in [-0.4, -0.2) is 19.3 Å². The molecule has 0 aliphatic heterocycles. The molecular weight excluding hydrogens is 255 g/mol. The number of rotatable bonds is 4. The number of ether oxygens (including phenoxy) is 1. The molecule has 1 aromatic carbocycles. The van der Waals surface area contributed by atoms with E-state index in [0.29, 0.717) is 5.75 Å². The SMILES string of the molecule is Cc1cc(C#CCN)ccc1OCCCC(F)(F)F. The summed E-state index contributed by atoms with van der Waals surface area (Å²) < 4.78 is 41.2. The number of halogens is 3. The Morgan fingerprint density at radius 1 is 1.32 bits per heavy atom. The van der Waals surface area contributed by atoms with Gasteiger partial charge in [0.05, 0.1) is 13.2 Å². The van der Waals surface area contributed by atoms with Crippen molar-refractivity contribution in [1.29, 1.82) is 0 Å². The second-order valence-electron chi connectivity index (χ2n) is 4.05. The van der Waals surface area contributed by atoms with Crippen molar-refractivity contribution < 1.29 is 17.9 Å². The van der Waals surface area contributed by atoms with Gasteiger partial charge in [0.1, 0.15) is 5.75 Å². The van der Waals surface area contributed by atoms with Gasteiger partial charge in [-0.25, -0.2) is 0 Å². The Bertz CT molecular complexity index is 472. The van der Waals surface area contributed by atoms with Crippen LogP contribution in [0.5, 0.6) is 5.75 Å². The zero-order valence-corrected chi connectivity index (χ0v) is 10.7. The Balaban J connectivity index is 2.51. The Morgan fingerprint density at radius 3 is 2.63 bits per heavy atom. The third-order valence-corrected chi connectivity index (χ3v) is 2.37. The minimum Gasteiger partial charge on any atom is -0.493 e. The maximum Gasteiger partial charge on any atom is 0.389 e. The summed E-state index contributed by atoms with van der Waals surface area (Å²) >= 11 is 0. The van der Waals surface area contributed by atoms with E-state index in [1.54, 1.807) is 12.1 Å². The van der Waals surface area contributed by atoms with E-state index in [9.17, 15) is 13.2 Å². The molecule has 1 aromatic rings. The molecule has 0 aliphatic carbocycles. The third-order valence-electron chi connectivity index (χ3n) is 2.37. The summed E-state index contributed by atoms with van der Waals surface area (Å²) in [6.45, 7) is 2.16. The molecule has 0 unspecified atom stereocenters. The Kier molecular flexibility index (Phi) is 5.71. The number of aryl methyl sites for hydroxylation is 1. The van der Waals surface area contributed by atoms with Crippen LogP contribution in [0.25, 0.3) is 0 Å². The van der Waals surface area contributed by atoms with Crippen molar-refractivity contribution in [2.75, 3.05) is 13.2 Å². The van der Waals surface area contributed by atoms with E-state index in [1.165, 1.54) is 0 Å². The van der Waals surface area contributed by atoms with Crippen molar-refractivity contribution in [3.63, 3.8) is 0 Å². The van der Waals surface area contributed by atoms with Crippen molar-refractivity contribution in [1.82, 2.24) is 0 Å². The van der Waals surface area contributed by atoms with Gasteiger partial charge < -0.3 is 10.5 Å². The van der Waals surface area contributed by atoms with Gasteiger partial charge in [0, 0.05) is 12.0 Å². The van der Waals surface area contributed by atoms with Gasteiger partial charge in [-0.2, -0.15) is 13.2 Å². The summed E-state index contributed by atoms with van der Waals surface area (Å²) in [4.78, 5) is 0. The summed E-state index contributed by atoms with van der Waals surface area (Å²) in [6, 6.07) is 5.29. The van der Waals surface area contributed by atoms with E-state index >= 15 is 0 Å². The van der Waals surface area contributed by atoms with Crippen LogP contribution in [0.4, 0.5) is 13.2 Å². The Hall–Kier alpha value is -1.67. The van der Waals surface area contributed by atoms with Crippen LogP contribution in [0, 0.1) is 18.8 Å². The van der Waals surface area contributed by atoms with Crippen LogP contribution >= 0.6 is 0 Å². The summed E-state index contributed by atoms with van der Waals surface area (Å²) in [5, 5.41) is 0. The lowest BCUT2D eigenvalue weighted by atomic mass is 10.1. The van der Waals surface area contributed by atoms with Crippen LogP contribution in [-0.2, 0) is 0 Å². The molecule has 1 rings (SSSR count). The minimum atomic E-state index is -4.12. The number of nitrogens with two attached hydrogens (primary N) is 1. The predicted molar refractivity (Wildman–Crippen MR) is 67.9 cm³/mol. The molecule has 0 amide bonds. The molecule has 0 saturated carbocycles. The van der Waals surface area contributed by atoms with Crippen molar-refractivity contribution in [2.45, 2.75) is 25.9 Å². The first-order valence-corrected chi connectivity index (χ1v) is 5.91. The molecule has 0 atom stereocenters. The molecule has 2 nitrogen and oxygen atoms in total.